The molecule has 0 aliphatic rings. The number of nitrogens with zero attached hydrogens (tertiary/aromatic N) is 1. The van der Waals surface area contributed by atoms with Crippen molar-refractivity contribution in [3.05, 3.63) is 58.7 Å². The quantitative estimate of drug-likeness (QED) is 0.453. The lowest BCUT2D eigenvalue weighted by molar-refractivity contribution is -0.104. The van der Waals surface area contributed by atoms with Crippen molar-refractivity contribution in [1.82, 2.24) is 0 Å². The number of allylic oxidation sites excluding steroid dienone is 4. The lowest BCUT2D eigenvalue weighted by Gasteiger charge is -2.26. The summed E-state index contributed by atoms with van der Waals surface area (Å²) < 4.78 is 0. The van der Waals surface area contributed by atoms with Gasteiger partial charge in [-0.1, -0.05) is 36.8 Å². The summed E-state index contributed by atoms with van der Waals surface area (Å²) in [7, 11) is 0. The Balaban J connectivity index is 3.32. The summed E-state index contributed by atoms with van der Waals surface area (Å²) >= 11 is 0. The van der Waals surface area contributed by atoms with Crippen molar-refractivity contribution < 1.29 is 4.79 Å². The maximum absolute atomic E-state index is 10.9. The number of carbonyl (C=O) groups is 1. The Bertz CT molecular complexity index is 586. The lowest BCUT2D eigenvalue weighted by Crippen LogP contribution is -2.19. The van der Waals surface area contributed by atoms with Crippen LogP contribution in [-0.2, 0) is 10.2 Å². The van der Waals surface area contributed by atoms with Crippen molar-refractivity contribution in [3.8, 4) is 6.07 Å². The van der Waals surface area contributed by atoms with Crippen molar-refractivity contribution in [1.29, 1.82) is 5.26 Å². The molecule has 0 spiro atoms. The first-order valence-corrected chi connectivity index (χ1v) is 6.70. The molecule has 0 aliphatic carbocycles. The molecule has 1 rings (SSSR count). The Hall–Kier alpha value is -2.14. The van der Waals surface area contributed by atoms with Crippen LogP contribution in [0.25, 0.3) is 0 Å². The van der Waals surface area contributed by atoms with E-state index in [1.807, 2.05) is 31.2 Å². The molecule has 0 bridgehead atoms. The van der Waals surface area contributed by atoms with E-state index in [4.69, 9.17) is 5.26 Å². The summed E-state index contributed by atoms with van der Waals surface area (Å²) in [6.07, 6.45) is 5.81. The van der Waals surface area contributed by atoms with Crippen LogP contribution < -0.4 is 0 Å². The highest BCUT2D eigenvalue weighted by molar-refractivity contribution is 5.72. The molecule has 0 saturated heterocycles. The van der Waals surface area contributed by atoms with Gasteiger partial charge in [-0.3, -0.25) is 4.79 Å². The zero-order valence-electron chi connectivity index (χ0n) is 12.6. The zero-order valence-corrected chi connectivity index (χ0v) is 12.6. The number of benzene rings is 1. The second-order valence-electron chi connectivity index (χ2n) is 5.60. The Morgan fingerprint density at radius 1 is 1.35 bits per heavy atom. The van der Waals surface area contributed by atoms with Gasteiger partial charge < -0.3 is 0 Å². The molecule has 0 radical (unpaired) electrons. The Morgan fingerprint density at radius 3 is 2.60 bits per heavy atom. The van der Waals surface area contributed by atoms with E-state index in [2.05, 4.69) is 32.9 Å². The highest BCUT2D eigenvalue weighted by Crippen LogP contribution is 2.32. The van der Waals surface area contributed by atoms with Gasteiger partial charge in [-0.05, 0) is 50.5 Å². The number of carbonyl (C=O) groups excluding carboxylic acids is 1. The molecule has 0 fully saturated rings. The van der Waals surface area contributed by atoms with Crippen molar-refractivity contribution in [3.63, 3.8) is 0 Å². The molecule has 0 aromatic heterocycles. The molecule has 1 aromatic carbocycles. The predicted molar refractivity (Wildman–Crippen MR) is 82.4 cm³/mol. The van der Waals surface area contributed by atoms with Gasteiger partial charge in [0.1, 0.15) is 6.29 Å². The van der Waals surface area contributed by atoms with Crippen LogP contribution >= 0.6 is 0 Å². The van der Waals surface area contributed by atoms with E-state index in [0.29, 0.717) is 11.1 Å². The molecular formula is C18H21NO. The van der Waals surface area contributed by atoms with E-state index >= 15 is 0 Å². The number of hydrogen-bond acceptors (Lipinski definition) is 2. The average Bonchev–Trinajstić information content (AvgIpc) is 2.45. The van der Waals surface area contributed by atoms with Crippen molar-refractivity contribution in [2.45, 2.75) is 39.5 Å². The lowest BCUT2D eigenvalue weighted by atomic mass is 9.77. The van der Waals surface area contributed by atoms with E-state index in [-0.39, 0.29) is 5.41 Å². The molecule has 1 atom stereocenters. The van der Waals surface area contributed by atoms with Gasteiger partial charge in [-0.25, -0.2) is 0 Å². The normalized spacial score (nSPS) is 14.1. The Labute approximate surface area is 121 Å². The second kappa shape index (κ2) is 6.86. The van der Waals surface area contributed by atoms with Crippen LogP contribution in [-0.4, -0.2) is 6.29 Å². The molecule has 20 heavy (non-hydrogen) atoms. The molecule has 2 heteroatoms. The van der Waals surface area contributed by atoms with Crippen LogP contribution in [0.5, 0.6) is 0 Å². The first-order valence-electron chi connectivity index (χ1n) is 6.70. The SMILES string of the molecule is CC(C)=CCC(C)(/C=C(\C)C=O)c1cccc(C#N)c1. The fourth-order valence-electron chi connectivity index (χ4n) is 2.16. The molecular weight excluding hydrogens is 246 g/mol. The van der Waals surface area contributed by atoms with Crippen LogP contribution in [0.15, 0.2) is 47.6 Å². The maximum Gasteiger partial charge on any atom is 0.145 e. The van der Waals surface area contributed by atoms with E-state index < -0.39 is 0 Å². The minimum atomic E-state index is -0.283. The van der Waals surface area contributed by atoms with E-state index in [9.17, 15) is 4.79 Å². The van der Waals surface area contributed by atoms with Crippen LogP contribution in [0, 0.1) is 11.3 Å². The third-order valence-corrected chi connectivity index (χ3v) is 3.32. The van der Waals surface area contributed by atoms with Gasteiger partial charge in [0.05, 0.1) is 11.6 Å². The first kappa shape index (κ1) is 15.9. The minimum absolute atomic E-state index is 0.283. The van der Waals surface area contributed by atoms with Gasteiger partial charge in [-0.2, -0.15) is 5.26 Å². The van der Waals surface area contributed by atoms with Gasteiger partial charge in [0.25, 0.3) is 0 Å². The maximum atomic E-state index is 10.9. The molecule has 2 nitrogen and oxygen atoms in total. The van der Waals surface area contributed by atoms with E-state index in [0.717, 1.165) is 18.3 Å². The van der Waals surface area contributed by atoms with Crippen LogP contribution in [0.1, 0.15) is 45.2 Å². The topological polar surface area (TPSA) is 40.9 Å². The summed E-state index contributed by atoms with van der Waals surface area (Å²) in [6.45, 7) is 8.02. The standard InChI is InChI=1S/C18H21NO/c1-14(2)8-9-18(4,11-15(3)13-20)17-7-5-6-16(10-17)12-19/h5-8,10-11,13H,9H2,1-4H3/b15-11+. The summed E-state index contributed by atoms with van der Waals surface area (Å²) in [5.74, 6) is 0. The molecule has 0 heterocycles. The third-order valence-electron chi connectivity index (χ3n) is 3.32. The van der Waals surface area contributed by atoms with Crippen molar-refractivity contribution in [2.75, 3.05) is 0 Å². The van der Waals surface area contributed by atoms with Gasteiger partial charge in [0, 0.05) is 5.41 Å². The predicted octanol–water partition coefficient (Wildman–Crippen LogP) is 4.32. The number of rotatable bonds is 5. The highest BCUT2D eigenvalue weighted by Gasteiger charge is 2.23. The number of nitriles is 1. The summed E-state index contributed by atoms with van der Waals surface area (Å²) in [6, 6.07) is 9.75. The van der Waals surface area contributed by atoms with E-state index in [1.54, 1.807) is 6.07 Å². The molecule has 0 saturated carbocycles. The summed E-state index contributed by atoms with van der Waals surface area (Å²) in [5, 5.41) is 9.04. The van der Waals surface area contributed by atoms with Gasteiger partial charge >= 0.3 is 0 Å². The van der Waals surface area contributed by atoms with Crippen molar-refractivity contribution in [2.24, 2.45) is 0 Å². The summed E-state index contributed by atoms with van der Waals surface area (Å²) in [4.78, 5) is 10.9. The molecule has 104 valence electrons. The van der Waals surface area contributed by atoms with Crippen LogP contribution in [0.4, 0.5) is 0 Å². The molecule has 0 N–H and O–H groups in total. The smallest absolute Gasteiger partial charge is 0.145 e. The minimum Gasteiger partial charge on any atom is -0.298 e. The van der Waals surface area contributed by atoms with Crippen LogP contribution in [0.2, 0.25) is 0 Å². The highest BCUT2D eigenvalue weighted by atomic mass is 16.1. The average molecular weight is 267 g/mol. The molecule has 1 aromatic rings. The molecule has 0 aliphatic heterocycles. The van der Waals surface area contributed by atoms with Gasteiger partial charge in [-0.15, -0.1) is 0 Å². The van der Waals surface area contributed by atoms with Gasteiger partial charge in [0.15, 0.2) is 0 Å². The summed E-state index contributed by atoms with van der Waals surface area (Å²) in [5.41, 5.74) is 3.36. The fourth-order valence-corrected chi connectivity index (χ4v) is 2.16. The van der Waals surface area contributed by atoms with E-state index in [1.165, 1.54) is 5.57 Å². The number of aldehydes is 1. The number of hydrogen-bond donors (Lipinski definition) is 0. The first-order chi connectivity index (χ1) is 9.41. The molecule has 1 unspecified atom stereocenters. The van der Waals surface area contributed by atoms with Crippen LogP contribution in [0.3, 0.4) is 0 Å². The Kier molecular flexibility index (Phi) is 5.46. The van der Waals surface area contributed by atoms with Crippen molar-refractivity contribution >= 4 is 6.29 Å². The largest absolute Gasteiger partial charge is 0.298 e. The monoisotopic (exact) mass is 267 g/mol. The fraction of sp³-hybridized carbons (Fsp3) is 0.333. The van der Waals surface area contributed by atoms with Gasteiger partial charge in [0.2, 0.25) is 0 Å². The Morgan fingerprint density at radius 2 is 2.05 bits per heavy atom. The molecule has 0 amide bonds. The second-order valence-corrected chi connectivity index (χ2v) is 5.60. The third kappa shape index (κ3) is 4.20. The zero-order chi connectivity index (χ0) is 15.2.